The predicted molar refractivity (Wildman–Crippen MR) is 70.3 cm³/mol. The maximum atomic E-state index is 11.8. The minimum atomic E-state index is -0.503. The summed E-state index contributed by atoms with van der Waals surface area (Å²) in [5, 5.41) is 13.0. The van der Waals surface area contributed by atoms with Crippen molar-refractivity contribution >= 4 is 5.91 Å². The van der Waals surface area contributed by atoms with Gasteiger partial charge in [0.15, 0.2) is 0 Å². The molecule has 0 saturated carbocycles. The molecular weight excluding hydrogens is 232 g/mol. The zero-order chi connectivity index (χ0) is 13.5. The average Bonchev–Trinajstić information content (AvgIpc) is 2.67. The van der Waals surface area contributed by atoms with Crippen LogP contribution >= 0.6 is 0 Å². The lowest BCUT2D eigenvalue weighted by Crippen LogP contribution is -2.40. The summed E-state index contributed by atoms with van der Waals surface area (Å²) in [6, 6.07) is 0. The topological polar surface area (TPSA) is 61.8 Å². The number of rotatable bonds is 8. The van der Waals surface area contributed by atoms with Crippen molar-refractivity contribution in [3.63, 3.8) is 0 Å². The summed E-state index contributed by atoms with van der Waals surface area (Å²) in [4.78, 5) is 13.6. The van der Waals surface area contributed by atoms with Gasteiger partial charge < -0.3 is 20.1 Å². The first-order valence-corrected chi connectivity index (χ1v) is 6.70. The van der Waals surface area contributed by atoms with Crippen LogP contribution in [0.5, 0.6) is 0 Å². The van der Waals surface area contributed by atoms with E-state index in [9.17, 15) is 9.90 Å². The van der Waals surface area contributed by atoms with Crippen molar-refractivity contribution in [2.24, 2.45) is 11.8 Å². The number of aliphatic hydroxyl groups excluding tert-OH is 1. The Labute approximate surface area is 109 Å². The Morgan fingerprint density at radius 2 is 2.28 bits per heavy atom. The molecule has 0 aromatic carbocycles. The van der Waals surface area contributed by atoms with E-state index in [4.69, 9.17) is 4.74 Å². The summed E-state index contributed by atoms with van der Waals surface area (Å²) in [7, 11) is 1.65. The summed E-state index contributed by atoms with van der Waals surface area (Å²) in [6.07, 6.45) is 0.123. The SMILES string of the molecule is COCCNCC(O)CN1CC(C(C)C)CC1=O. The molecule has 1 aliphatic rings. The number of carbonyl (C=O) groups excluding carboxylic acids is 1. The first-order chi connectivity index (χ1) is 8.54. The van der Waals surface area contributed by atoms with E-state index in [2.05, 4.69) is 19.2 Å². The van der Waals surface area contributed by atoms with Crippen LogP contribution in [0, 0.1) is 11.8 Å². The molecule has 1 amide bonds. The summed E-state index contributed by atoms with van der Waals surface area (Å²) in [6.45, 7) is 7.35. The number of aliphatic hydroxyl groups is 1. The van der Waals surface area contributed by atoms with Crippen LogP contribution in [0.4, 0.5) is 0 Å². The van der Waals surface area contributed by atoms with Crippen LogP contribution in [-0.2, 0) is 9.53 Å². The van der Waals surface area contributed by atoms with Gasteiger partial charge >= 0.3 is 0 Å². The zero-order valence-electron chi connectivity index (χ0n) is 11.7. The van der Waals surface area contributed by atoms with Gasteiger partial charge in [0.1, 0.15) is 0 Å². The van der Waals surface area contributed by atoms with Crippen molar-refractivity contribution in [1.82, 2.24) is 10.2 Å². The van der Waals surface area contributed by atoms with E-state index < -0.39 is 6.10 Å². The predicted octanol–water partition coefficient (Wildman–Crippen LogP) is 0.0878. The van der Waals surface area contributed by atoms with Crippen molar-refractivity contribution in [3.8, 4) is 0 Å². The van der Waals surface area contributed by atoms with E-state index in [0.717, 1.165) is 13.1 Å². The van der Waals surface area contributed by atoms with E-state index in [-0.39, 0.29) is 5.91 Å². The lowest BCUT2D eigenvalue weighted by Gasteiger charge is -2.21. The number of likely N-dealkylation sites (tertiary alicyclic amines) is 1. The second kappa shape index (κ2) is 7.71. The molecule has 0 spiro atoms. The number of β-amino-alcohol motifs (C(OH)–C–C–N with tert-alkyl or cyclic N) is 1. The summed E-state index contributed by atoms with van der Waals surface area (Å²) in [5.74, 6) is 1.13. The third-order valence-electron chi connectivity index (χ3n) is 3.48. The van der Waals surface area contributed by atoms with Crippen LogP contribution in [0.3, 0.4) is 0 Å². The van der Waals surface area contributed by atoms with Crippen LogP contribution < -0.4 is 5.32 Å². The summed E-state index contributed by atoms with van der Waals surface area (Å²) in [5.41, 5.74) is 0. The van der Waals surface area contributed by atoms with Gasteiger partial charge in [0.05, 0.1) is 12.7 Å². The van der Waals surface area contributed by atoms with Crippen molar-refractivity contribution in [2.45, 2.75) is 26.4 Å². The number of hydrogen-bond donors (Lipinski definition) is 2. The van der Waals surface area contributed by atoms with Crippen LogP contribution in [-0.4, -0.2) is 61.9 Å². The lowest BCUT2D eigenvalue weighted by molar-refractivity contribution is -0.128. The smallest absolute Gasteiger partial charge is 0.223 e. The molecule has 0 bridgehead atoms. The minimum Gasteiger partial charge on any atom is -0.390 e. The Bertz CT molecular complexity index is 259. The standard InChI is InChI=1S/C13H26N2O3/c1-10(2)11-6-13(17)15(8-11)9-12(16)7-14-4-5-18-3/h10-12,14,16H,4-9H2,1-3H3. The highest BCUT2D eigenvalue weighted by Gasteiger charge is 2.32. The van der Waals surface area contributed by atoms with Gasteiger partial charge in [-0.15, -0.1) is 0 Å². The Balaban J connectivity index is 2.23. The fourth-order valence-electron chi connectivity index (χ4n) is 2.19. The molecule has 0 aromatic rings. The van der Waals surface area contributed by atoms with Crippen LogP contribution in [0.2, 0.25) is 0 Å². The monoisotopic (exact) mass is 258 g/mol. The quantitative estimate of drug-likeness (QED) is 0.606. The Kier molecular flexibility index (Phi) is 6.60. The van der Waals surface area contributed by atoms with Crippen molar-refractivity contribution in [3.05, 3.63) is 0 Å². The molecule has 106 valence electrons. The van der Waals surface area contributed by atoms with E-state index in [0.29, 0.717) is 38.0 Å². The number of carbonyl (C=O) groups is 1. The maximum Gasteiger partial charge on any atom is 0.223 e. The number of nitrogens with one attached hydrogen (secondary N) is 1. The number of hydrogen-bond acceptors (Lipinski definition) is 4. The van der Waals surface area contributed by atoms with E-state index >= 15 is 0 Å². The molecule has 1 saturated heterocycles. The normalized spacial score (nSPS) is 21.9. The molecule has 0 aromatic heterocycles. The van der Waals surface area contributed by atoms with E-state index in [1.165, 1.54) is 0 Å². The molecule has 0 aliphatic carbocycles. The molecule has 1 aliphatic heterocycles. The Hall–Kier alpha value is -0.650. The minimum absolute atomic E-state index is 0.171. The largest absolute Gasteiger partial charge is 0.390 e. The molecule has 2 N–H and O–H groups in total. The van der Waals surface area contributed by atoms with Gasteiger partial charge in [-0.2, -0.15) is 0 Å². The van der Waals surface area contributed by atoms with E-state index in [1.54, 1.807) is 12.0 Å². The zero-order valence-corrected chi connectivity index (χ0v) is 11.7. The lowest BCUT2D eigenvalue weighted by atomic mass is 9.95. The number of amides is 1. The van der Waals surface area contributed by atoms with E-state index in [1.807, 2.05) is 0 Å². The third-order valence-corrected chi connectivity index (χ3v) is 3.48. The molecule has 1 rings (SSSR count). The highest BCUT2D eigenvalue weighted by atomic mass is 16.5. The maximum absolute atomic E-state index is 11.8. The van der Waals surface area contributed by atoms with Crippen LogP contribution in [0.15, 0.2) is 0 Å². The van der Waals surface area contributed by atoms with Gasteiger partial charge in [0.2, 0.25) is 5.91 Å². The third kappa shape index (κ3) is 4.92. The molecule has 2 unspecified atom stereocenters. The molecule has 2 atom stereocenters. The molecule has 18 heavy (non-hydrogen) atoms. The first-order valence-electron chi connectivity index (χ1n) is 6.70. The fraction of sp³-hybridized carbons (Fsp3) is 0.923. The van der Waals surface area contributed by atoms with Crippen LogP contribution in [0.1, 0.15) is 20.3 Å². The second-order valence-electron chi connectivity index (χ2n) is 5.36. The van der Waals surface area contributed by atoms with Crippen molar-refractivity contribution < 1.29 is 14.6 Å². The summed E-state index contributed by atoms with van der Waals surface area (Å²) >= 11 is 0. The number of methoxy groups -OCH3 is 1. The fourth-order valence-corrected chi connectivity index (χ4v) is 2.19. The van der Waals surface area contributed by atoms with Gasteiger partial charge in [-0.05, 0) is 11.8 Å². The highest BCUT2D eigenvalue weighted by Crippen LogP contribution is 2.24. The molecule has 5 heteroatoms. The summed E-state index contributed by atoms with van der Waals surface area (Å²) < 4.78 is 4.91. The van der Waals surface area contributed by atoms with Gasteiger partial charge in [-0.1, -0.05) is 13.8 Å². The number of ether oxygens (including phenoxy) is 1. The molecule has 1 fully saturated rings. The van der Waals surface area contributed by atoms with Crippen molar-refractivity contribution in [1.29, 1.82) is 0 Å². The Morgan fingerprint density at radius 3 is 2.83 bits per heavy atom. The Morgan fingerprint density at radius 1 is 1.56 bits per heavy atom. The van der Waals surface area contributed by atoms with Crippen molar-refractivity contribution in [2.75, 3.05) is 39.9 Å². The molecule has 1 heterocycles. The molecular formula is C13H26N2O3. The van der Waals surface area contributed by atoms with Gasteiger partial charge in [-0.3, -0.25) is 4.79 Å². The van der Waals surface area contributed by atoms with Gasteiger partial charge in [0, 0.05) is 39.7 Å². The first kappa shape index (κ1) is 15.4. The second-order valence-corrected chi connectivity index (χ2v) is 5.36. The number of nitrogens with zero attached hydrogens (tertiary/aromatic N) is 1. The van der Waals surface area contributed by atoms with Crippen LogP contribution in [0.25, 0.3) is 0 Å². The highest BCUT2D eigenvalue weighted by molar-refractivity contribution is 5.78. The van der Waals surface area contributed by atoms with Gasteiger partial charge in [0.25, 0.3) is 0 Å². The molecule has 0 radical (unpaired) electrons. The average molecular weight is 258 g/mol. The molecule has 5 nitrogen and oxygen atoms in total. The van der Waals surface area contributed by atoms with Gasteiger partial charge in [-0.25, -0.2) is 0 Å².